The molecule has 0 saturated heterocycles. The highest BCUT2D eigenvalue weighted by molar-refractivity contribution is 6.26. The SMILES string of the molecule is COc1ccc(Nc2cc3c4c(cccc4c2)C(=O)N(CCN(C)C)C3=O)cc1. The molecule has 0 bridgehead atoms. The van der Waals surface area contributed by atoms with Crippen LogP contribution in [-0.2, 0) is 0 Å². The first-order chi connectivity index (χ1) is 14.0. The van der Waals surface area contributed by atoms with Gasteiger partial charge in [-0.15, -0.1) is 0 Å². The molecule has 29 heavy (non-hydrogen) atoms. The number of carbonyl (C=O) groups excluding carboxylic acids is 2. The Morgan fingerprint density at radius 1 is 0.931 bits per heavy atom. The Bertz CT molecular complexity index is 1090. The Kier molecular flexibility index (Phi) is 4.94. The van der Waals surface area contributed by atoms with Gasteiger partial charge in [-0.1, -0.05) is 12.1 Å². The van der Waals surface area contributed by atoms with Crippen LogP contribution in [0.4, 0.5) is 11.4 Å². The maximum atomic E-state index is 13.2. The van der Waals surface area contributed by atoms with Gasteiger partial charge in [-0.25, -0.2) is 0 Å². The summed E-state index contributed by atoms with van der Waals surface area (Å²) in [4.78, 5) is 29.4. The highest BCUT2D eigenvalue weighted by Gasteiger charge is 2.32. The van der Waals surface area contributed by atoms with E-state index in [4.69, 9.17) is 4.74 Å². The fourth-order valence-corrected chi connectivity index (χ4v) is 3.57. The van der Waals surface area contributed by atoms with Gasteiger partial charge in [0.1, 0.15) is 5.75 Å². The molecule has 1 N–H and O–H groups in total. The third kappa shape index (κ3) is 3.54. The van der Waals surface area contributed by atoms with E-state index in [1.54, 1.807) is 13.2 Å². The number of carbonyl (C=O) groups is 2. The summed E-state index contributed by atoms with van der Waals surface area (Å²) in [6, 6.07) is 16.9. The van der Waals surface area contributed by atoms with Crippen molar-refractivity contribution in [1.29, 1.82) is 0 Å². The number of anilines is 2. The molecule has 3 aromatic carbocycles. The van der Waals surface area contributed by atoms with Crippen molar-refractivity contribution >= 4 is 34.0 Å². The molecule has 0 atom stereocenters. The van der Waals surface area contributed by atoms with Gasteiger partial charge in [0, 0.05) is 35.4 Å². The minimum absolute atomic E-state index is 0.231. The molecular weight excluding hydrogens is 366 g/mol. The molecule has 0 saturated carbocycles. The predicted molar refractivity (Wildman–Crippen MR) is 114 cm³/mol. The molecule has 4 rings (SSSR count). The third-order valence-corrected chi connectivity index (χ3v) is 5.08. The van der Waals surface area contributed by atoms with Crippen LogP contribution in [0.15, 0.2) is 54.6 Å². The Morgan fingerprint density at radius 3 is 2.34 bits per heavy atom. The summed E-state index contributed by atoms with van der Waals surface area (Å²) < 4.78 is 5.20. The van der Waals surface area contributed by atoms with Gasteiger partial charge in [0.2, 0.25) is 0 Å². The fourth-order valence-electron chi connectivity index (χ4n) is 3.57. The molecule has 0 aromatic heterocycles. The van der Waals surface area contributed by atoms with E-state index >= 15 is 0 Å². The van der Waals surface area contributed by atoms with Gasteiger partial charge in [-0.3, -0.25) is 14.5 Å². The van der Waals surface area contributed by atoms with Crippen LogP contribution in [0, 0.1) is 0 Å². The lowest BCUT2D eigenvalue weighted by atomic mass is 9.93. The van der Waals surface area contributed by atoms with E-state index in [0.29, 0.717) is 24.2 Å². The molecule has 0 fully saturated rings. The maximum absolute atomic E-state index is 13.2. The van der Waals surface area contributed by atoms with E-state index in [1.807, 2.05) is 67.5 Å². The molecule has 0 unspecified atom stereocenters. The molecule has 1 aliphatic heterocycles. The summed E-state index contributed by atoms with van der Waals surface area (Å²) in [5.41, 5.74) is 2.81. The normalized spacial score (nSPS) is 13.3. The molecule has 1 heterocycles. The summed E-state index contributed by atoms with van der Waals surface area (Å²) in [6.45, 7) is 0.975. The van der Waals surface area contributed by atoms with Crippen molar-refractivity contribution in [2.45, 2.75) is 0 Å². The van der Waals surface area contributed by atoms with Crippen molar-refractivity contribution in [2.24, 2.45) is 0 Å². The first kappa shape index (κ1) is 19.0. The molecule has 2 amide bonds. The Hall–Kier alpha value is -3.38. The monoisotopic (exact) mass is 389 g/mol. The predicted octanol–water partition coefficient (Wildman–Crippen LogP) is 3.75. The average molecular weight is 389 g/mol. The summed E-state index contributed by atoms with van der Waals surface area (Å²) in [5, 5.41) is 4.93. The van der Waals surface area contributed by atoms with Crippen molar-refractivity contribution in [2.75, 3.05) is 39.6 Å². The van der Waals surface area contributed by atoms with Crippen LogP contribution in [0.3, 0.4) is 0 Å². The first-order valence-corrected chi connectivity index (χ1v) is 9.46. The Labute approximate surface area is 169 Å². The van der Waals surface area contributed by atoms with E-state index in [-0.39, 0.29) is 11.8 Å². The standard InChI is InChI=1S/C23H23N3O3/c1-25(2)11-12-26-22(27)19-6-4-5-15-13-17(14-20(21(15)19)23(26)28)24-16-7-9-18(29-3)10-8-16/h4-10,13-14,24H,11-12H2,1-3H3. The van der Waals surface area contributed by atoms with E-state index < -0.39 is 0 Å². The summed E-state index contributed by atoms with van der Waals surface area (Å²) in [5.74, 6) is 0.295. The van der Waals surface area contributed by atoms with Crippen LogP contribution in [0.2, 0.25) is 0 Å². The highest BCUT2D eigenvalue weighted by atomic mass is 16.5. The van der Waals surface area contributed by atoms with Gasteiger partial charge in [0.15, 0.2) is 0 Å². The molecule has 0 aliphatic carbocycles. The number of nitrogens with zero attached hydrogens (tertiary/aromatic N) is 2. The topological polar surface area (TPSA) is 61.9 Å². The second-order valence-electron chi connectivity index (χ2n) is 7.35. The van der Waals surface area contributed by atoms with Crippen molar-refractivity contribution in [1.82, 2.24) is 9.80 Å². The molecule has 0 radical (unpaired) electrons. The molecule has 0 spiro atoms. The number of hydrogen-bond donors (Lipinski definition) is 1. The molecule has 6 heteroatoms. The number of benzene rings is 3. The first-order valence-electron chi connectivity index (χ1n) is 9.46. The summed E-state index contributed by atoms with van der Waals surface area (Å²) >= 11 is 0. The lowest BCUT2D eigenvalue weighted by Crippen LogP contribution is -2.43. The molecule has 3 aromatic rings. The quantitative estimate of drug-likeness (QED) is 0.651. The average Bonchev–Trinajstić information content (AvgIpc) is 2.72. The number of likely N-dealkylation sites (N-methyl/N-ethyl adjacent to an activating group) is 1. The van der Waals surface area contributed by atoms with Gasteiger partial charge in [-0.05, 0) is 61.9 Å². The summed E-state index contributed by atoms with van der Waals surface area (Å²) in [6.07, 6.45) is 0. The summed E-state index contributed by atoms with van der Waals surface area (Å²) in [7, 11) is 5.47. The maximum Gasteiger partial charge on any atom is 0.261 e. The van der Waals surface area contributed by atoms with Crippen LogP contribution in [0.5, 0.6) is 5.75 Å². The van der Waals surface area contributed by atoms with Crippen molar-refractivity contribution in [3.63, 3.8) is 0 Å². The second-order valence-corrected chi connectivity index (χ2v) is 7.35. The number of amides is 2. The van der Waals surface area contributed by atoms with Crippen molar-refractivity contribution in [3.05, 3.63) is 65.7 Å². The van der Waals surface area contributed by atoms with Crippen LogP contribution in [-0.4, -0.2) is 55.9 Å². The number of methoxy groups -OCH3 is 1. The number of ether oxygens (including phenoxy) is 1. The van der Waals surface area contributed by atoms with Gasteiger partial charge in [0.25, 0.3) is 11.8 Å². The zero-order chi connectivity index (χ0) is 20.5. The highest BCUT2D eigenvalue weighted by Crippen LogP contribution is 2.33. The lowest BCUT2D eigenvalue weighted by molar-refractivity contribution is 0.0601. The van der Waals surface area contributed by atoms with Gasteiger partial charge < -0.3 is 15.0 Å². The number of hydrogen-bond acceptors (Lipinski definition) is 5. The van der Waals surface area contributed by atoms with Crippen molar-refractivity contribution < 1.29 is 14.3 Å². The zero-order valence-corrected chi connectivity index (χ0v) is 16.7. The zero-order valence-electron chi connectivity index (χ0n) is 16.7. The van der Waals surface area contributed by atoms with Crippen LogP contribution in [0.1, 0.15) is 20.7 Å². The van der Waals surface area contributed by atoms with Gasteiger partial charge in [0.05, 0.1) is 12.7 Å². The Morgan fingerprint density at radius 2 is 1.66 bits per heavy atom. The molecule has 148 valence electrons. The van der Waals surface area contributed by atoms with Crippen LogP contribution < -0.4 is 10.1 Å². The smallest absolute Gasteiger partial charge is 0.261 e. The lowest BCUT2D eigenvalue weighted by Gasteiger charge is -2.28. The molecule has 1 aliphatic rings. The van der Waals surface area contributed by atoms with Gasteiger partial charge >= 0.3 is 0 Å². The van der Waals surface area contributed by atoms with E-state index in [9.17, 15) is 9.59 Å². The van der Waals surface area contributed by atoms with Crippen LogP contribution >= 0.6 is 0 Å². The molecule has 6 nitrogen and oxygen atoms in total. The minimum Gasteiger partial charge on any atom is -0.497 e. The largest absolute Gasteiger partial charge is 0.497 e. The Balaban J connectivity index is 1.74. The third-order valence-electron chi connectivity index (χ3n) is 5.08. The number of rotatable bonds is 6. The second kappa shape index (κ2) is 7.56. The minimum atomic E-state index is -0.251. The van der Waals surface area contributed by atoms with Crippen LogP contribution in [0.25, 0.3) is 10.8 Å². The number of imide groups is 1. The van der Waals surface area contributed by atoms with E-state index in [0.717, 1.165) is 27.9 Å². The van der Waals surface area contributed by atoms with E-state index in [1.165, 1.54) is 4.90 Å². The fraction of sp³-hybridized carbons (Fsp3) is 0.217. The van der Waals surface area contributed by atoms with E-state index in [2.05, 4.69) is 5.32 Å². The van der Waals surface area contributed by atoms with Gasteiger partial charge in [-0.2, -0.15) is 0 Å². The van der Waals surface area contributed by atoms with Crippen molar-refractivity contribution in [3.8, 4) is 5.75 Å². The molecular formula is C23H23N3O3. The number of nitrogens with one attached hydrogen (secondary N) is 1.